The number of carbonyl (C=O) groups is 1. The molecule has 128 valence electrons. The quantitative estimate of drug-likeness (QED) is 0.618. The standard InChI is InChI=1S/C16H14F4N2O2/c17-12-4-2-1-3-11(12)15(5-6-15)14(23)24-9-13-21-7-8-22(13)10-16(18,19)20/h1-4,7-8H,5-6,9-10H2. The van der Waals surface area contributed by atoms with Crippen LogP contribution in [0.3, 0.4) is 0 Å². The van der Waals surface area contributed by atoms with E-state index in [0.29, 0.717) is 12.8 Å². The number of rotatable bonds is 5. The summed E-state index contributed by atoms with van der Waals surface area (Å²) in [6.07, 6.45) is -1.13. The van der Waals surface area contributed by atoms with Gasteiger partial charge in [-0.05, 0) is 18.9 Å². The van der Waals surface area contributed by atoms with Gasteiger partial charge in [0.15, 0.2) is 0 Å². The molecule has 1 heterocycles. The molecule has 3 rings (SSSR count). The van der Waals surface area contributed by atoms with Gasteiger partial charge in [-0.2, -0.15) is 13.2 Å². The van der Waals surface area contributed by atoms with E-state index in [1.54, 1.807) is 6.07 Å². The zero-order chi connectivity index (χ0) is 17.4. The Morgan fingerprint density at radius 1 is 1.29 bits per heavy atom. The van der Waals surface area contributed by atoms with E-state index < -0.39 is 36.5 Å². The first-order valence-corrected chi connectivity index (χ1v) is 7.31. The van der Waals surface area contributed by atoms with Crippen LogP contribution >= 0.6 is 0 Å². The number of alkyl halides is 3. The van der Waals surface area contributed by atoms with E-state index in [1.165, 1.54) is 30.6 Å². The lowest BCUT2D eigenvalue weighted by Gasteiger charge is -2.16. The third-order valence-electron chi connectivity index (χ3n) is 4.01. The molecule has 0 N–H and O–H groups in total. The number of halogens is 4. The Morgan fingerprint density at radius 2 is 2.00 bits per heavy atom. The Morgan fingerprint density at radius 3 is 2.62 bits per heavy atom. The van der Waals surface area contributed by atoms with Gasteiger partial charge in [0, 0.05) is 18.0 Å². The summed E-state index contributed by atoms with van der Waals surface area (Å²) < 4.78 is 57.3. The number of imidazole rings is 1. The molecule has 1 fully saturated rings. The van der Waals surface area contributed by atoms with Crippen molar-refractivity contribution in [3.05, 3.63) is 53.9 Å². The maximum atomic E-state index is 13.9. The second kappa shape index (κ2) is 5.92. The first-order valence-electron chi connectivity index (χ1n) is 7.31. The summed E-state index contributed by atoms with van der Waals surface area (Å²) in [6, 6.07) is 5.93. The molecule has 0 radical (unpaired) electrons. The molecule has 0 amide bonds. The number of hydrogen-bond acceptors (Lipinski definition) is 3. The molecule has 1 aromatic carbocycles. The van der Waals surface area contributed by atoms with Gasteiger partial charge in [-0.25, -0.2) is 9.37 Å². The van der Waals surface area contributed by atoms with Gasteiger partial charge in [0.2, 0.25) is 0 Å². The van der Waals surface area contributed by atoms with Crippen molar-refractivity contribution in [3.63, 3.8) is 0 Å². The summed E-state index contributed by atoms with van der Waals surface area (Å²) in [5.74, 6) is -1.15. The Kier molecular flexibility index (Phi) is 4.06. The minimum Gasteiger partial charge on any atom is -0.457 e. The Bertz CT molecular complexity index is 751. The maximum absolute atomic E-state index is 13.9. The number of benzene rings is 1. The number of nitrogens with zero attached hydrogens (tertiary/aromatic N) is 2. The summed E-state index contributed by atoms with van der Waals surface area (Å²) in [6.45, 7) is -1.60. The molecule has 1 aliphatic carbocycles. The molecule has 1 saturated carbocycles. The van der Waals surface area contributed by atoms with Crippen LogP contribution in [0, 0.1) is 5.82 Å². The van der Waals surface area contributed by atoms with Gasteiger partial charge < -0.3 is 9.30 Å². The van der Waals surface area contributed by atoms with Crippen molar-refractivity contribution in [3.8, 4) is 0 Å². The highest BCUT2D eigenvalue weighted by Gasteiger charge is 2.54. The van der Waals surface area contributed by atoms with Gasteiger partial charge in [0.25, 0.3) is 0 Å². The van der Waals surface area contributed by atoms with Gasteiger partial charge in [0.05, 0.1) is 5.41 Å². The van der Waals surface area contributed by atoms with Crippen molar-refractivity contribution in [1.82, 2.24) is 9.55 Å². The largest absolute Gasteiger partial charge is 0.457 e. The number of hydrogen-bond donors (Lipinski definition) is 0. The van der Waals surface area contributed by atoms with E-state index in [9.17, 15) is 22.4 Å². The molecule has 0 spiro atoms. The average molecular weight is 342 g/mol. The van der Waals surface area contributed by atoms with E-state index in [1.807, 2.05) is 0 Å². The van der Waals surface area contributed by atoms with Crippen molar-refractivity contribution in [1.29, 1.82) is 0 Å². The monoisotopic (exact) mass is 342 g/mol. The van der Waals surface area contributed by atoms with Crippen LogP contribution in [-0.2, 0) is 28.1 Å². The summed E-state index contributed by atoms with van der Waals surface area (Å²) in [7, 11) is 0. The summed E-state index contributed by atoms with van der Waals surface area (Å²) >= 11 is 0. The second-order valence-electron chi connectivity index (χ2n) is 5.72. The molecule has 0 bridgehead atoms. The molecule has 24 heavy (non-hydrogen) atoms. The Hall–Kier alpha value is -2.38. The number of aromatic nitrogens is 2. The third-order valence-corrected chi connectivity index (χ3v) is 4.01. The molecule has 0 aliphatic heterocycles. The molecule has 0 atom stereocenters. The molecule has 2 aromatic rings. The summed E-state index contributed by atoms with van der Waals surface area (Å²) in [5, 5.41) is 0. The lowest BCUT2D eigenvalue weighted by atomic mass is 9.95. The van der Waals surface area contributed by atoms with Gasteiger partial charge in [-0.3, -0.25) is 4.79 Å². The van der Waals surface area contributed by atoms with E-state index in [2.05, 4.69) is 4.98 Å². The van der Waals surface area contributed by atoms with Gasteiger partial charge in [0.1, 0.15) is 24.8 Å². The van der Waals surface area contributed by atoms with Crippen LogP contribution in [0.1, 0.15) is 24.2 Å². The normalized spacial score (nSPS) is 16.0. The fraction of sp³-hybridized carbons (Fsp3) is 0.375. The van der Waals surface area contributed by atoms with Crippen LogP contribution in [0.2, 0.25) is 0 Å². The summed E-state index contributed by atoms with van der Waals surface area (Å²) in [4.78, 5) is 16.1. The van der Waals surface area contributed by atoms with Crippen LogP contribution in [-0.4, -0.2) is 21.7 Å². The van der Waals surface area contributed by atoms with Crippen LogP contribution in [0.25, 0.3) is 0 Å². The topological polar surface area (TPSA) is 44.1 Å². The molecule has 4 nitrogen and oxygen atoms in total. The predicted molar refractivity (Wildman–Crippen MR) is 75.4 cm³/mol. The number of esters is 1. The van der Waals surface area contributed by atoms with Crippen LogP contribution < -0.4 is 0 Å². The van der Waals surface area contributed by atoms with Crippen LogP contribution in [0.4, 0.5) is 17.6 Å². The van der Waals surface area contributed by atoms with E-state index >= 15 is 0 Å². The summed E-state index contributed by atoms with van der Waals surface area (Å²) in [5.41, 5.74) is -0.777. The van der Waals surface area contributed by atoms with Gasteiger partial charge >= 0.3 is 12.1 Å². The molecule has 1 aliphatic rings. The van der Waals surface area contributed by atoms with Crippen molar-refractivity contribution < 1.29 is 27.1 Å². The smallest absolute Gasteiger partial charge is 0.406 e. The zero-order valence-electron chi connectivity index (χ0n) is 12.5. The Labute approximate surface area is 135 Å². The SMILES string of the molecule is O=C(OCc1nccn1CC(F)(F)F)C1(c2ccccc2F)CC1. The van der Waals surface area contributed by atoms with Gasteiger partial charge in [-0.1, -0.05) is 18.2 Å². The lowest BCUT2D eigenvalue weighted by Crippen LogP contribution is -2.25. The van der Waals surface area contributed by atoms with E-state index in [0.717, 1.165) is 4.57 Å². The van der Waals surface area contributed by atoms with Crippen molar-refractivity contribution >= 4 is 5.97 Å². The number of carbonyl (C=O) groups excluding carboxylic acids is 1. The van der Waals surface area contributed by atoms with Gasteiger partial charge in [-0.15, -0.1) is 0 Å². The van der Waals surface area contributed by atoms with Crippen LogP contribution in [0.15, 0.2) is 36.7 Å². The first kappa shape index (κ1) is 16.5. The highest BCUT2D eigenvalue weighted by Crippen LogP contribution is 2.50. The molecular weight excluding hydrogens is 328 g/mol. The molecular formula is C16H14F4N2O2. The minimum atomic E-state index is -4.40. The second-order valence-corrected chi connectivity index (χ2v) is 5.72. The average Bonchev–Trinajstić information content (AvgIpc) is 3.20. The predicted octanol–water partition coefficient (Wildman–Crippen LogP) is 3.36. The number of ether oxygens (including phenoxy) is 1. The highest BCUT2D eigenvalue weighted by atomic mass is 19.4. The minimum absolute atomic E-state index is 0.00925. The lowest BCUT2D eigenvalue weighted by molar-refractivity contribution is -0.149. The molecule has 0 unspecified atom stereocenters. The molecule has 0 saturated heterocycles. The first-order chi connectivity index (χ1) is 11.3. The van der Waals surface area contributed by atoms with E-state index in [-0.39, 0.29) is 11.4 Å². The van der Waals surface area contributed by atoms with Crippen LogP contribution in [0.5, 0.6) is 0 Å². The fourth-order valence-electron chi connectivity index (χ4n) is 2.64. The Balaban J connectivity index is 1.69. The molecule has 8 heteroatoms. The van der Waals surface area contributed by atoms with Crippen molar-refractivity contribution in [2.75, 3.05) is 0 Å². The fourth-order valence-corrected chi connectivity index (χ4v) is 2.64. The van der Waals surface area contributed by atoms with Crippen molar-refractivity contribution in [2.45, 2.75) is 37.6 Å². The zero-order valence-corrected chi connectivity index (χ0v) is 12.5. The maximum Gasteiger partial charge on any atom is 0.406 e. The molecule has 1 aromatic heterocycles. The third kappa shape index (κ3) is 3.27. The van der Waals surface area contributed by atoms with Crippen molar-refractivity contribution in [2.24, 2.45) is 0 Å². The highest BCUT2D eigenvalue weighted by molar-refractivity contribution is 5.86. The van der Waals surface area contributed by atoms with E-state index in [4.69, 9.17) is 4.74 Å².